The minimum atomic E-state index is 0.214. The van der Waals surface area contributed by atoms with Gasteiger partial charge >= 0.3 is 0 Å². The number of nitrogens with zero attached hydrogens (tertiary/aromatic N) is 1. The van der Waals surface area contributed by atoms with Gasteiger partial charge in [-0.25, -0.2) is 0 Å². The highest BCUT2D eigenvalue weighted by atomic mass is 16.5. The average Bonchev–Trinajstić information content (AvgIpc) is 2.52. The number of rotatable bonds is 10. The summed E-state index contributed by atoms with van der Waals surface area (Å²) >= 11 is 0. The van der Waals surface area contributed by atoms with E-state index in [1.165, 1.54) is 5.56 Å². The summed E-state index contributed by atoms with van der Waals surface area (Å²) in [6.45, 7) is 9.34. The monoisotopic (exact) mass is 294 g/mol. The van der Waals surface area contributed by atoms with Gasteiger partial charge in [0.05, 0.1) is 13.2 Å². The Bertz CT molecular complexity index is 381. The van der Waals surface area contributed by atoms with Crippen LogP contribution < -0.4 is 10.5 Å². The minimum Gasteiger partial charge on any atom is -0.494 e. The summed E-state index contributed by atoms with van der Waals surface area (Å²) < 4.78 is 10.7. The van der Waals surface area contributed by atoms with E-state index in [9.17, 15) is 0 Å². The topological polar surface area (TPSA) is 47.7 Å². The quantitative estimate of drug-likeness (QED) is 0.721. The van der Waals surface area contributed by atoms with Crippen LogP contribution in [-0.2, 0) is 4.74 Å². The predicted molar refractivity (Wildman–Crippen MR) is 87.7 cm³/mol. The van der Waals surface area contributed by atoms with E-state index >= 15 is 0 Å². The first-order chi connectivity index (χ1) is 10.2. The van der Waals surface area contributed by atoms with Gasteiger partial charge in [0.25, 0.3) is 0 Å². The normalized spacial score (nSPS) is 14.2. The van der Waals surface area contributed by atoms with E-state index in [-0.39, 0.29) is 6.04 Å². The summed E-state index contributed by atoms with van der Waals surface area (Å²) in [7, 11) is 1.74. The molecule has 0 radical (unpaired) electrons. The number of methoxy groups -OCH3 is 1. The smallest absolute Gasteiger partial charge is 0.119 e. The first kappa shape index (κ1) is 18.0. The van der Waals surface area contributed by atoms with E-state index in [0.717, 1.165) is 25.3 Å². The van der Waals surface area contributed by atoms with Crippen LogP contribution in [0.25, 0.3) is 0 Å². The van der Waals surface area contributed by atoms with Gasteiger partial charge in [0.15, 0.2) is 0 Å². The van der Waals surface area contributed by atoms with E-state index in [2.05, 4.69) is 30.9 Å². The molecule has 1 rings (SSSR count). The molecule has 4 heteroatoms. The molecular formula is C17H30N2O2. The van der Waals surface area contributed by atoms with Gasteiger partial charge in [0, 0.05) is 32.3 Å². The van der Waals surface area contributed by atoms with E-state index in [0.29, 0.717) is 19.2 Å². The molecule has 0 spiro atoms. The average molecular weight is 294 g/mol. The van der Waals surface area contributed by atoms with Gasteiger partial charge in [-0.3, -0.25) is 4.90 Å². The SMILES string of the molecule is CCOc1ccc(C(CN)N(CCOC)C(C)CC)cc1. The van der Waals surface area contributed by atoms with Crippen molar-refractivity contribution in [1.82, 2.24) is 4.90 Å². The number of benzene rings is 1. The summed E-state index contributed by atoms with van der Waals surface area (Å²) in [4.78, 5) is 2.43. The van der Waals surface area contributed by atoms with Crippen LogP contribution >= 0.6 is 0 Å². The molecule has 0 bridgehead atoms. The third-order valence-electron chi connectivity index (χ3n) is 3.91. The van der Waals surface area contributed by atoms with E-state index in [1.54, 1.807) is 7.11 Å². The van der Waals surface area contributed by atoms with Crippen LogP contribution in [-0.4, -0.2) is 44.4 Å². The molecule has 2 unspecified atom stereocenters. The summed E-state index contributed by atoms with van der Waals surface area (Å²) in [5.41, 5.74) is 7.29. The fraction of sp³-hybridized carbons (Fsp3) is 0.647. The fourth-order valence-corrected chi connectivity index (χ4v) is 2.53. The Kier molecular flexibility index (Phi) is 8.35. The van der Waals surface area contributed by atoms with Crippen molar-refractivity contribution in [2.45, 2.75) is 39.3 Å². The summed E-state index contributed by atoms with van der Waals surface area (Å²) in [6.07, 6.45) is 1.09. The van der Waals surface area contributed by atoms with Gasteiger partial charge in [-0.05, 0) is 38.0 Å². The number of nitrogens with two attached hydrogens (primary N) is 1. The van der Waals surface area contributed by atoms with Crippen molar-refractivity contribution in [1.29, 1.82) is 0 Å². The molecule has 2 N–H and O–H groups in total. The highest BCUT2D eigenvalue weighted by molar-refractivity contribution is 5.29. The molecule has 0 saturated heterocycles. The number of hydrogen-bond acceptors (Lipinski definition) is 4. The maximum atomic E-state index is 6.05. The minimum absolute atomic E-state index is 0.214. The number of hydrogen-bond donors (Lipinski definition) is 1. The summed E-state index contributed by atoms with van der Waals surface area (Å²) in [5, 5.41) is 0. The molecule has 21 heavy (non-hydrogen) atoms. The van der Waals surface area contributed by atoms with Gasteiger partial charge in [0.1, 0.15) is 5.75 Å². The van der Waals surface area contributed by atoms with Crippen molar-refractivity contribution in [3.05, 3.63) is 29.8 Å². The van der Waals surface area contributed by atoms with Crippen molar-refractivity contribution in [3.8, 4) is 5.75 Å². The summed E-state index contributed by atoms with van der Waals surface area (Å²) in [5.74, 6) is 0.906. The third kappa shape index (κ3) is 5.30. The Morgan fingerprint density at radius 1 is 1.19 bits per heavy atom. The second kappa shape index (κ2) is 9.77. The molecule has 0 fully saturated rings. The Labute approximate surface area is 129 Å². The zero-order valence-corrected chi connectivity index (χ0v) is 13.8. The first-order valence-corrected chi connectivity index (χ1v) is 7.85. The molecule has 1 aromatic carbocycles. The molecule has 0 amide bonds. The van der Waals surface area contributed by atoms with Gasteiger partial charge < -0.3 is 15.2 Å². The molecule has 2 atom stereocenters. The molecule has 0 saturated carbocycles. The van der Waals surface area contributed by atoms with Crippen molar-refractivity contribution >= 4 is 0 Å². The first-order valence-electron chi connectivity index (χ1n) is 7.85. The van der Waals surface area contributed by atoms with Crippen molar-refractivity contribution < 1.29 is 9.47 Å². The Morgan fingerprint density at radius 3 is 2.33 bits per heavy atom. The van der Waals surface area contributed by atoms with E-state index in [4.69, 9.17) is 15.2 Å². The molecule has 0 heterocycles. The maximum Gasteiger partial charge on any atom is 0.119 e. The Morgan fingerprint density at radius 2 is 1.86 bits per heavy atom. The molecule has 1 aromatic rings. The molecule has 120 valence electrons. The van der Waals surface area contributed by atoms with Crippen LogP contribution in [0.1, 0.15) is 38.8 Å². The zero-order valence-electron chi connectivity index (χ0n) is 13.8. The Hall–Kier alpha value is -1.10. The fourth-order valence-electron chi connectivity index (χ4n) is 2.53. The van der Waals surface area contributed by atoms with Crippen molar-refractivity contribution in [2.24, 2.45) is 5.73 Å². The number of ether oxygens (including phenoxy) is 2. The van der Waals surface area contributed by atoms with Crippen molar-refractivity contribution in [3.63, 3.8) is 0 Å². The van der Waals surface area contributed by atoms with Crippen LogP contribution in [0.5, 0.6) is 5.75 Å². The second-order valence-corrected chi connectivity index (χ2v) is 5.24. The van der Waals surface area contributed by atoms with Crippen LogP contribution in [0.3, 0.4) is 0 Å². The highest BCUT2D eigenvalue weighted by Crippen LogP contribution is 2.25. The lowest BCUT2D eigenvalue weighted by Gasteiger charge is -2.35. The zero-order chi connectivity index (χ0) is 15.7. The third-order valence-corrected chi connectivity index (χ3v) is 3.91. The van der Waals surface area contributed by atoms with Crippen LogP contribution in [0.2, 0.25) is 0 Å². The second-order valence-electron chi connectivity index (χ2n) is 5.24. The summed E-state index contributed by atoms with van der Waals surface area (Å²) in [6, 6.07) is 8.96. The Balaban J connectivity index is 2.89. The standard InChI is InChI=1S/C17H30N2O2/c1-5-14(3)19(11-12-20-4)17(13-18)15-7-9-16(10-8-15)21-6-2/h7-10,14,17H,5-6,11-13,18H2,1-4H3. The van der Waals surface area contributed by atoms with Crippen LogP contribution in [0.15, 0.2) is 24.3 Å². The van der Waals surface area contributed by atoms with Gasteiger partial charge in [-0.2, -0.15) is 0 Å². The van der Waals surface area contributed by atoms with Crippen molar-refractivity contribution in [2.75, 3.05) is 33.4 Å². The molecule has 0 aromatic heterocycles. The van der Waals surface area contributed by atoms with Crippen LogP contribution in [0.4, 0.5) is 0 Å². The molecule has 0 aliphatic heterocycles. The van der Waals surface area contributed by atoms with E-state index < -0.39 is 0 Å². The maximum absolute atomic E-state index is 6.05. The largest absolute Gasteiger partial charge is 0.494 e. The van der Waals surface area contributed by atoms with E-state index in [1.807, 2.05) is 19.1 Å². The predicted octanol–water partition coefficient (Wildman–Crippen LogP) is 2.83. The van der Waals surface area contributed by atoms with Gasteiger partial charge in [-0.1, -0.05) is 19.1 Å². The van der Waals surface area contributed by atoms with Gasteiger partial charge in [-0.15, -0.1) is 0 Å². The highest BCUT2D eigenvalue weighted by Gasteiger charge is 2.22. The molecular weight excluding hydrogens is 264 g/mol. The lowest BCUT2D eigenvalue weighted by Crippen LogP contribution is -2.41. The molecule has 0 aliphatic carbocycles. The molecule has 4 nitrogen and oxygen atoms in total. The van der Waals surface area contributed by atoms with Gasteiger partial charge in [0.2, 0.25) is 0 Å². The molecule has 0 aliphatic rings. The van der Waals surface area contributed by atoms with Crippen LogP contribution in [0, 0.1) is 0 Å². The lowest BCUT2D eigenvalue weighted by atomic mass is 10.0. The lowest BCUT2D eigenvalue weighted by molar-refractivity contribution is 0.0902.